The highest BCUT2D eigenvalue weighted by molar-refractivity contribution is 5.95. The molecule has 27 heavy (non-hydrogen) atoms. The highest BCUT2D eigenvalue weighted by atomic mass is 16.5. The summed E-state index contributed by atoms with van der Waals surface area (Å²) >= 11 is 0. The molecule has 0 radical (unpaired) electrons. The van der Waals surface area contributed by atoms with Gasteiger partial charge in [0.1, 0.15) is 5.75 Å². The van der Waals surface area contributed by atoms with Crippen LogP contribution in [0, 0.1) is 0 Å². The standard InChI is InChI=1S/C22H26N2O3/c1-22(2,3)18-7-4-5-8-19(18)23-20(25)15-27-17-12-10-16(11-13-17)24-14-6-9-21(24)26/h4-5,7-8,10-13H,6,9,14-15H2,1-3H3,(H,23,25). The Morgan fingerprint density at radius 1 is 1.11 bits per heavy atom. The lowest BCUT2D eigenvalue weighted by Gasteiger charge is -2.23. The smallest absolute Gasteiger partial charge is 0.262 e. The molecule has 1 aliphatic heterocycles. The lowest BCUT2D eigenvalue weighted by atomic mass is 9.86. The number of nitrogens with one attached hydrogen (secondary N) is 1. The minimum Gasteiger partial charge on any atom is -0.484 e. The molecule has 0 spiro atoms. The topological polar surface area (TPSA) is 58.6 Å². The number of rotatable bonds is 5. The van der Waals surface area contributed by atoms with Crippen LogP contribution in [0.2, 0.25) is 0 Å². The van der Waals surface area contributed by atoms with Crippen molar-refractivity contribution in [3.8, 4) is 5.75 Å². The van der Waals surface area contributed by atoms with Gasteiger partial charge in [0.15, 0.2) is 6.61 Å². The number of benzene rings is 2. The van der Waals surface area contributed by atoms with Gasteiger partial charge in [-0.3, -0.25) is 9.59 Å². The summed E-state index contributed by atoms with van der Waals surface area (Å²) in [6.07, 6.45) is 1.50. The van der Waals surface area contributed by atoms with Gasteiger partial charge in [-0.25, -0.2) is 0 Å². The molecule has 2 aromatic carbocycles. The Morgan fingerprint density at radius 3 is 2.44 bits per heavy atom. The van der Waals surface area contributed by atoms with E-state index in [2.05, 4.69) is 26.1 Å². The zero-order valence-electron chi connectivity index (χ0n) is 16.1. The molecule has 0 bridgehead atoms. The van der Waals surface area contributed by atoms with Crippen LogP contribution in [0.15, 0.2) is 48.5 Å². The second-order valence-electron chi connectivity index (χ2n) is 7.78. The van der Waals surface area contributed by atoms with Gasteiger partial charge >= 0.3 is 0 Å². The van der Waals surface area contributed by atoms with Crippen LogP contribution < -0.4 is 15.0 Å². The van der Waals surface area contributed by atoms with Crippen LogP contribution in [-0.2, 0) is 15.0 Å². The molecule has 1 saturated heterocycles. The molecule has 1 N–H and O–H groups in total. The van der Waals surface area contributed by atoms with E-state index in [0.29, 0.717) is 12.2 Å². The van der Waals surface area contributed by atoms with Crippen molar-refractivity contribution in [3.05, 3.63) is 54.1 Å². The van der Waals surface area contributed by atoms with Crippen molar-refractivity contribution >= 4 is 23.2 Å². The molecule has 0 aliphatic carbocycles. The summed E-state index contributed by atoms with van der Waals surface area (Å²) in [6.45, 7) is 7.03. The first-order chi connectivity index (χ1) is 12.8. The summed E-state index contributed by atoms with van der Waals surface area (Å²) in [5.74, 6) is 0.552. The molecule has 2 amide bonds. The lowest BCUT2D eigenvalue weighted by Crippen LogP contribution is -2.24. The molecule has 3 rings (SSSR count). The van der Waals surface area contributed by atoms with Crippen molar-refractivity contribution in [2.75, 3.05) is 23.4 Å². The Hall–Kier alpha value is -2.82. The van der Waals surface area contributed by atoms with E-state index >= 15 is 0 Å². The Morgan fingerprint density at radius 2 is 1.81 bits per heavy atom. The predicted octanol–water partition coefficient (Wildman–Crippen LogP) is 4.13. The Kier molecular flexibility index (Phi) is 5.49. The maximum atomic E-state index is 12.3. The predicted molar refractivity (Wildman–Crippen MR) is 107 cm³/mol. The number of anilines is 2. The molecule has 1 heterocycles. The minimum atomic E-state index is -0.203. The van der Waals surface area contributed by atoms with Crippen molar-refractivity contribution in [1.82, 2.24) is 0 Å². The number of ether oxygens (including phenoxy) is 1. The molecule has 0 saturated carbocycles. The van der Waals surface area contributed by atoms with Gasteiger partial charge in [-0.15, -0.1) is 0 Å². The van der Waals surface area contributed by atoms with Crippen molar-refractivity contribution < 1.29 is 14.3 Å². The lowest BCUT2D eigenvalue weighted by molar-refractivity contribution is -0.118. The summed E-state index contributed by atoms with van der Waals surface area (Å²) in [4.78, 5) is 25.9. The molecule has 2 aromatic rings. The summed E-state index contributed by atoms with van der Waals surface area (Å²) in [5.41, 5.74) is 2.70. The zero-order chi connectivity index (χ0) is 19.4. The summed E-state index contributed by atoms with van der Waals surface area (Å²) in [6, 6.07) is 15.1. The molecular weight excluding hydrogens is 340 g/mol. The Balaban J connectivity index is 1.58. The molecule has 0 atom stereocenters. The van der Waals surface area contributed by atoms with E-state index in [4.69, 9.17) is 4.74 Å². The maximum absolute atomic E-state index is 12.3. The van der Waals surface area contributed by atoms with Crippen molar-refractivity contribution in [2.24, 2.45) is 0 Å². The first-order valence-electron chi connectivity index (χ1n) is 9.27. The third-order valence-electron chi connectivity index (χ3n) is 4.60. The number of hydrogen-bond acceptors (Lipinski definition) is 3. The SMILES string of the molecule is CC(C)(C)c1ccccc1NC(=O)COc1ccc(N2CCCC2=O)cc1. The Labute approximate surface area is 160 Å². The first-order valence-corrected chi connectivity index (χ1v) is 9.27. The van der Waals surface area contributed by atoms with Crippen LogP contribution in [-0.4, -0.2) is 25.0 Å². The number of carbonyl (C=O) groups excluding carboxylic acids is 2. The van der Waals surface area contributed by atoms with Gasteiger partial charge in [-0.05, 0) is 47.7 Å². The van der Waals surface area contributed by atoms with Gasteiger partial charge < -0.3 is 15.0 Å². The fourth-order valence-electron chi connectivity index (χ4n) is 3.22. The normalized spacial score (nSPS) is 14.3. The Bertz CT molecular complexity index is 822. The fourth-order valence-corrected chi connectivity index (χ4v) is 3.22. The number of carbonyl (C=O) groups is 2. The highest BCUT2D eigenvalue weighted by Crippen LogP contribution is 2.29. The fraction of sp³-hybridized carbons (Fsp3) is 0.364. The van der Waals surface area contributed by atoms with Crippen molar-refractivity contribution in [2.45, 2.75) is 39.0 Å². The van der Waals surface area contributed by atoms with Crippen LogP contribution >= 0.6 is 0 Å². The number of amides is 2. The zero-order valence-corrected chi connectivity index (χ0v) is 16.1. The molecule has 0 aromatic heterocycles. The van der Waals surface area contributed by atoms with E-state index in [9.17, 15) is 9.59 Å². The second-order valence-corrected chi connectivity index (χ2v) is 7.78. The van der Waals surface area contributed by atoms with E-state index in [1.54, 1.807) is 17.0 Å². The minimum absolute atomic E-state index is 0.0619. The molecule has 5 nitrogen and oxygen atoms in total. The number of nitrogens with zero attached hydrogens (tertiary/aromatic N) is 1. The average molecular weight is 366 g/mol. The van der Waals surface area contributed by atoms with Crippen LogP contribution in [0.5, 0.6) is 5.75 Å². The second kappa shape index (κ2) is 7.82. The third kappa shape index (κ3) is 4.67. The molecular formula is C22H26N2O3. The number of hydrogen-bond donors (Lipinski definition) is 1. The van der Waals surface area contributed by atoms with Crippen molar-refractivity contribution in [1.29, 1.82) is 0 Å². The summed E-state index contributed by atoms with van der Waals surface area (Å²) < 4.78 is 5.59. The van der Waals surface area contributed by atoms with E-state index in [1.165, 1.54) is 0 Å². The van der Waals surface area contributed by atoms with Gasteiger partial charge in [0.2, 0.25) is 5.91 Å². The molecule has 0 unspecified atom stereocenters. The van der Waals surface area contributed by atoms with Gasteiger partial charge in [-0.2, -0.15) is 0 Å². The highest BCUT2D eigenvalue weighted by Gasteiger charge is 2.21. The number of para-hydroxylation sites is 1. The van der Waals surface area contributed by atoms with Gasteiger partial charge in [0.05, 0.1) is 0 Å². The molecule has 1 fully saturated rings. The van der Waals surface area contributed by atoms with Crippen LogP contribution in [0.1, 0.15) is 39.2 Å². The summed E-state index contributed by atoms with van der Waals surface area (Å²) in [7, 11) is 0. The van der Waals surface area contributed by atoms with Gasteiger partial charge in [0, 0.05) is 24.3 Å². The van der Waals surface area contributed by atoms with Gasteiger partial charge in [0.25, 0.3) is 5.91 Å². The molecule has 5 heteroatoms. The third-order valence-corrected chi connectivity index (χ3v) is 4.60. The monoisotopic (exact) mass is 366 g/mol. The average Bonchev–Trinajstić information content (AvgIpc) is 3.06. The van der Waals surface area contributed by atoms with E-state index in [1.807, 2.05) is 36.4 Å². The van der Waals surface area contributed by atoms with Crippen LogP contribution in [0.4, 0.5) is 11.4 Å². The first kappa shape index (κ1) is 19.0. The largest absolute Gasteiger partial charge is 0.484 e. The molecule has 1 aliphatic rings. The maximum Gasteiger partial charge on any atom is 0.262 e. The van der Waals surface area contributed by atoms with Gasteiger partial charge in [-0.1, -0.05) is 39.0 Å². The van der Waals surface area contributed by atoms with E-state index < -0.39 is 0 Å². The summed E-state index contributed by atoms with van der Waals surface area (Å²) in [5, 5.41) is 2.93. The van der Waals surface area contributed by atoms with Crippen LogP contribution in [0.3, 0.4) is 0 Å². The molecule has 142 valence electrons. The van der Waals surface area contributed by atoms with Crippen LogP contribution in [0.25, 0.3) is 0 Å². The van der Waals surface area contributed by atoms with E-state index in [-0.39, 0.29) is 23.8 Å². The quantitative estimate of drug-likeness (QED) is 0.866. The van der Waals surface area contributed by atoms with Crippen molar-refractivity contribution in [3.63, 3.8) is 0 Å². The van der Waals surface area contributed by atoms with E-state index in [0.717, 1.165) is 29.9 Å².